The van der Waals surface area contributed by atoms with Crippen LogP contribution in [-0.4, -0.2) is 4.57 Å². The van der Waals surface area contributed by atoms with Gasteiger partial charge in [0.25, 0.3) is 0 Å². The topological polar surface area (TPSA) is 8.17 Å². The number of benzene rings is 10. The van der Waals surface area contributed by atoms with E-state index in [1.54, 1.807) is 0 Å². The van der Waals surface area contributed by atoms with Crippen LogP contribution in [-0.2, 0) is 0 Å². The SMILES string of the molecule is c1ccc(-c2ccc(-c3cccc4ccccc34)c(N(c3ccccc3)c3ccc4c5ccccc5n(-c5ccc(-c6ccccc6-c6ccccc6)cc5)c4c3)c2)cc1. The first kappa shape index (κ1) is 35.2. The van der Waals surface area contributed by atoms with Crippen LogP contribution < -0.4 is 4.90 Å². The number of rotatable bonds is 8. The minimum absolute atomic E-state index is 1.08. The highest BCUT2D eigenvalue weighted by atomic mass is 15.1. The van der Waals surface area contributed by atoms with Crippen LogP contribution in [0.1, 0.15) is 0 Å². The standard InChI is InChI=1S/C58H40N2/c1-4-17-41(18-5-1)45-33-37-54(52-29-16-22-43-21-10-11-27-51(43)52)57(39-45)59(46-23-8-3-9-24-46)48-36-38-55-53-28-14-15-30-56(53)60(58(55)40-48)47-34-31-44(32-35-47)50-26-13-12-25-49(50)42-19-6-2-7-20-42/h1-40H. The molecule has 11 aromatic rings. The molecule has 2 heteroatoms. The molecule has 0 amide bonds. The maximum atomic E-state index is 2.44. The zero-order valence-electron chi connectivity index (χ0n) is 33.0. The highest BCUT2D eigenvalue weighted by Gasteiger charge is 2.22. The fourth-order valence-electron chi connectivity index (χ4n) is 8.99. The molecule has 0 aliphatic rings. The first-order valence-corrected chi connectivity index (χ1v) is 20.6. The number of hydrogen-bond acceptors (Lipinski definition) is 1. The van der Waals surface area contributed by atoms with Crippen molar-refractivity contribution in [3.05, 3.63) is 243 Å². The zero-order valence-corrected chi connectivity index (χ0v) is 33.0. The van der Waals surface area contributed by atoms with Crippen molar-refractivity contribution in [1.82, 2.24) is 4.57 Å². The summed E-state index contributed by atoms with van der Waals surface area (Å²) in [5.74, 6) is 0. The van der Waals surface area contributed by atoms with Crippen LogP contribution in [0.15, 0.2) is 243 Å². The molecule has 282 valence electrons. The van der Waals surface area contributed by atoms with Gasteiger partial charge in [-0.15, -0.1) is 0 Å². The van der Waals surface area contributed by atoms with Crippen LogP contribution in [0.4, 0.5) is 17.1 Å². The number of anilines is 3. The van der Waals surface area contributed by atoms with E-state index in [0.717, 1.165) is 28.3 Å². The smallest absolute Gasteiger partial charge is 0.0561 e. The Morgan fingerprint density at radius 3 is 1.58 bits per heavy atom. The minimum Gasteiger partial charge on any atom is -0.310 e. The summed E-state index contributed by atoms with van der Waals surface area (Å²) in [5.41, 5.74) is 16.3. The third-order valence-corrected chi connectivity index (χ3v) is 11.8. The summed E-state index contributed by atoms with van der Waals surface area (Å²) in [6.45, 7) is 0. The van der Waals surface area contributed by atoms with E-state index in [2.05, 4.69) is 252 Å². The molecule has 0 radical (unpaired) electrons. The van der Waals surface area contributed by atoms with Crippen LogP contribution in [0.2, 0.25) is 0 Å². The average Bonchev–Trinajstić information content (AvgIpc) is 3.66. The van der Waals surface area contributed by atoms with Crippen molar-refractivity contribution in [2.75, 3.05) is 4.90 Å². The number of fused-ring (bicyclic) bond motifs is 4. The van der Waals surface area contributed by atoms with E-state index in [1.807, 2.05) is 0 Å². The van der Waals surface area contributed by atoms with Crippen molar-refractivity contribution >= 4 is 49.6 Å². The quantitative estimate of drug-likeness (QED) is 0.150. The summed E-state index contributed by atoms with van der Waals surface area (Å²) in [5, 5.41) is 4.89. The molecule has 10 aromatic carbocycles. The molecule has 0 aliphatic heterocycles. The van der Waals surface area contributed by atoms with Crippen molar-refractivity contribution in [2.24, 2.45) is 0 Å². The largest absolute Gasteiger partial charge is 0.310 e. The number of hydrogen-bond donors (Lipinski definition) is 0. The van der Waals surface area contributed by atoms with Gasteiger partial charge in [-0.25, -0.2) is 0 Å². The monoisotopic (exact) mass is 764 g/mol. The molecule has 1 heterocycles. The van der Waals surface area contributed by atoms with Gasteiger partial charge >= 0.3 is 0 Å². The second kappa shape index (κ2) is 15.1. The van der Waals surface area contributed by atoms with Crippen molar-refractivity contribution < 1.29 is 0 Å². The van der Waals surface area contributed by atoms with E-state index >= 15 is 0 Å². The van der Waals surface area contributed by atoms with E-state index in [9.17, 15) is 0 Å². The molecule has 11 rings (SSSR count). The van der Waals surface area contributed by atoms with Crippen LogP contribution in [0.3, 0.4) is 0 Å². The molecule has 0 saturated heterocycles. The second-order valence-electron chi connectivity index (χ2n) is 15.3. The summed E-state index contributed by atoms with van der Waals surface area (Å²) in [7, 11) is 0. The van der Waals surface area contributed by atoms with E-state index < -0.39 is 0 Å². The molecule has 0 atom stereocenters. The maximum absolute atomic E-state index is 2.44. The molecule has 2 nitrogen and oxygen atoms in total. The Kier molecular flexibility index (Phi) is 8.87. The predicted molar refractivity (Wildman–Crippen MR) is 255 cm³/mol. The van der Waals surface area contributed by atoms with Crippen molar-refractivity contribution in [2.45, 2.75) is 0 Å². The highest BCUT2D eigenvalue weighted by Crippen LogP contribution is 2.46. The Morgan fingerprint density at radius 2 is 0.833 bits per heavy atom. The molecule has 60 heavy (non-hydrogen) atoms. The van der Waals surface area contributed by atoms with Crippen molar-refractivity contribution in [3.63, 3.8) is 0 Å². The molecule has 1 aromatic heterocycles. The lowest BCUT2D eigenvalue weighted by Crippen LogP contribution is -2.11. The van der Waals surface area contributed by atoms with Gasteiger partial charge in [-0.05, 0) is 98.2 Å². The number of para-hydroxylation sites is 2. The van der Waals surface area contributed by atoms with Crippen LogP contribution in [0.25, 0.3) is 82.8 Å². The first-order valence-electron chi connectivity index (χ1n) is 20.6. The van der Waals surface area contributed by atoms with Gasteiger partial charge in [0, 0.05) is 33.4 Å². The summed E-state index contributed by atoms with van der Waals surface area (Å²) in [6.07, 6.45) is 0. The minimum atomic E-state index is 1.08. The molecule has 0 fully saturated rings. The van der Waals surface area contributed by atoms with Crippen molar-refractivity contribution in [3.8, 4) is 50.2 Å². The third kappa shape index (κ3) is 6.23. The van der Waals surface area contributed by atoms with Gasteiger partial charge in [-0.1, -0.05) is 194 Å². The van der Waals surface area contributed by atoms with Crippen LogP contribution in [0, 0.1) is 0 Å². The molecular formula is C58H40N2. The highest BCUT2D eigenvalue weighted by molar-refractivity contribution is 6.11. The molecule has 0 unspecified atom stereocenters. The van der Waals surface area contributed by atoms with Crippen LogP contribution >= 0.6 is 0 Å². The number of nitrogens with zero attached hydrogens (tertiary/aromatic N) is 2. The maximum Gasteiger partial charge on any atom is 0.0561 e. The Bertz CT molecular complexity index is 3290. The Hall–Kier alpha value is -7.94. The molecule has 0 spiro atoms. The fraction of sp³-hybridized carbons (Fsp3) is 0. The Balaban J connectivity index is 1.12. The second-order valence-corrected chi connectivity index (χ2v) is 15.3. The van der Waals surface area contributed by atoms with Gasteiger partial charge in [0.1, 0.15) is 0 Å². The van der Waals surface area contributed by atoms with Crippen molar-refractivity contribution in [1.29, 1.82) is 0 Å². The van der Waals surface area contributed by atoms with E-state index in [0.29, 0.717) is 0 Å². The number of aromatic nitrogens is 1. The lowest BCUT2D eigenvalue weighted by molar-refractivity contribution is 1.18. The van der Waals surface area contributed by atoms with Gasteiger partial charge in [0.05, 0.1) is 16.7 Å². The fourth-order valence-corrected chi connectivity index (χ4v) is 8.99. The predicted octanol–water partition coefficient (Wildman–Crippen LogP) is 16.1. The van der Waals surface area contributed by atoms with E-state index in [-0.39, 0.29) is 0 Å². The van der Waals surface area contributed by atoms with Gasteiger partial charge in [-0.2, -0.15) is 0 Å². The molecule has 0 N–H and O–H groups in total. The Labute approximate surface area is 350 Å². The average molecular weight is 765 g/mol. The van der Waals surface area contributed by atoms with Gasteiger partial charge in [-0.3, -0.25) is 0 Å². The molecular weight excluding hydrogens is 725 g/mol. The normalized spacial score (nSPS) is 11.3. The summed E-state index contributed by atoms with van der Waals surface area (Å²) >= 11 is 0. The summed E-state index contributed by atoms with van der Waals surface area (Å²) < 4.78 is 2.43. The van der Waals surface area contributed by atoms with E-state index in [1.165, 1.54) is 71.6 Å². The molecule has 0 aliphatic carbocycles. The zero-order chi connectivity index (χ0) is 39.8. The summed E-state index contributed by atoms with van der Waals surface area (Å²) in [6, 6.07) is 87.9. The van der Waals surface area contributed by atoms with Crippen LogP contribution in [0.5, 0.6) is 0 Å². The van der Waals surface area contributed by atoms with Gasteiger partial charge < -0.3 is 9.47 Å². The lowest BCUT2D eigenvalue weighted by atomic mass is 9.93. The Morgan fingerprint density at radius 1 is 0.283 bits per heavy atom. The van der Waals surface area contributed by atoms with Gasteiger partial charge in [0.2, 0.25) is 0 Å². The lowest BCUT2D eigenvalue weighted by Gasteiger charge is -2.29. The molecule has 0 bridgehead atoms. The summed E-state index contributed by atoms with van der Waals surface area (Å²) in [4.78, 5) is 2.44. The van der Waals surface area contributed by atoms with Gasteiger partial charge in [0.15, 0.2) is 0 Å². The first-order chi connectivity index (χ1) is 29.8. The molecule has 0 saturated carbocycles. The van der Waals surface area contributed by atoms with E-state index in [4.69, 9.17) is 0 Å². The third-order valence-electron chi connectivity index (χ3n) is 11.8.